The van der Waals surface area contributed by atoms with E-state index < -0.39 is 0 Å². The highest BCUT2D eigenvalue weighted by Gasteiger charge is 2.28. The van der Waals surface area contributed by atoms with Crippen molar-refractivity contribution in [1.29, 1.82) is 0 Å². The highest BCUT2D eigenvalue weighted by molar-refractivity contribution is 5.83. The molecule has 10 heteroatoms. The molecule has 48 heavy (non-hydrogen) atoms. The Morgan fingerprint density at radius 1 is 0.729 bits per heavy atom. The van der Waals surface area contributed by atoms with Crippen molar-refractivity contribution in [2.45, 2.75) is 18.9 Å². The number of carbonyl (C=O) groups is 1. The molecule has 0 atom stereocenters. The number of aromatic nitrogens is 4. The summed E-state index contributed by atoms with van der Waals surface area (Å²) in [5.41, 5.74) is 11.5. The fourth-order valence-electron chi connectivity index (χ4n) is 6.30. The van der Waals surface area contributed by atoms with Crippen LogP contribution in [0.1, 0.15) is 28.3 Å². The molecular weight excluding hydrogens is 598 g/mol. The molecule has 0 aliphatic carbocycles. The Morgan fingerprint density at radius 2 is 1.35 bits per heavy atom. The largest absolute Gasteiger partial charge is 0.361 e. The summed E-state index contributed by atoms with van der Waals surface area (Å²) in [6.45, 7) is 3.79. The number of rotatable bonds is 12. The van der Waals surface area contributed by atoms with E-state index in [1.165, 1.54) is 22.1 Å². The number of H-pyrrole nitrogens is 1. The van der Waals surface area contributed by atoms with E-state index in [4.69, 9.17) is 9.97 Å². The first-order chi connectivity index (χ1) is 23.7. The van der Waals surface area contributed by atoms with E-state index in [1.54, 1.807) is 0 Å². The van der Waals surface area contributed by atoms with Crippen LogP contribution in [0.15, 0.2) is 121 Å². The van der Waals surface area contributed by atoms with Crippen molar-refractivity contribution in [3.8, 4) is 0 Å². The van der Waals surface area contributed by atoms with Gasteiger partial charge in [-0.25, -0.2) is 0 Å². The average molecular weight is 638 g/mol. The number of anilines is 3. The van der Waals surface area contributed by atoms with Crippen LogP contribution in [0.4, 0.5) is 17.8 Å². The molecule has 0 bridgehead atoms. The standard InChI is InChI=1S/C38H39N9O/c48-34(26-28-12-4-1-5-13-28)44-45-37-41-36(39-21-20-31-27-40-33-19-11-10-18-32(31)33)42-38(43-37)47-24-22-46(23-25-47)35(29-14-6-2-7-15-29)30-16-8-3-9-17-30/h1-19,27,35,40H,20-26H2,(H,44,48)(H2,39,41,42,43,45). The van der Waals surface area contributed by atoms with Crippen molar-refractivity contribution in [2.75, 3.05) is 48.4 Å². The number of nitrogens with one attached hydrogen (secondary N) is 4. The molecule has 1 aliphatic rings. The number of para-hydroxylation sites is 1. The van der Waals surface area contributed by atoms with Gasteiger partial charge in [-0.3, -0.25) is 20.5 Å². The van der Waals surface area contributed by atoms with Gasteiger partial charge in [-0.05, 0) is 34.7 Å². The summed E-state index contributed by atoms with van der Waals surface area (Å²) in [5, 5.41) is 4.61. The molecule has 4 aromatic carbocycles. The van der Waals surface area contributed by atoms with Crippen LogP contribution in [0.2, 0.25) is 0 Å². The Morgan fingerprint density at radius 3 is 2.06 bits per heavy atom. The van der Waals surface area contributed by atoms with E-state index in [-0.39, 0.29) is 24.3 Å². The Balaban J connectivity index is 1.06. The first-order valence-electron chi connectivity index (χ1n) is 16.4. The summed E-state index contributed by atoms with van der Waals surface area (Å²) < 4.78 is 0. The Bertz CT molecular complexity index is 1880. The lowest BCUT2D eigenvalue weighted by Gasteiger charge is -2.39. The van der Waals surface area contributed by atoms with Gasteiger partial charge < -0.3 is 15.2 Å². The Labute approximate surface area is 280 Å². The number of carbonyl (C=O) groups excluding carboxylic acids is 1. The van der Waals surface area contributed by atoms with Crippen molar-refractivity contribution in [3.63, 3.8) is 0 Å². The molecule has 6 aromatic rings. The number of hydrogen-bond acceptors (Lipinski definition) is 8. The van der Waals surface area contributed by atoms with Crippen LogP contribution in [0, 0.1) is 0 Å². The smallest absolute Gasteiger partial charge is 0.248 e. The lowest BCUT2D eigenvalue weighted by atomic mass is 9.96. The SMILES string of the molecule is O=C(Cc1ccccc1)NNc1nc(NCCc2c[nH]c3ccccc23)nc(N2CCN(C(c3ccccc3)c3ccccc3)CC2)n1. The molecule has 10 nitrogen and oxygen atoms in total. The first-order valence-corrected chi connectivity index (χ1v) is 16.4. The van der Waals surface area contributed by atoms with Gasteiger partial charge in [0, 0.05) is 49.8 Å². The minimum absolute atomic E-state index is 0.159. The topological polar surface area (TPSA) is 114 Å². The van der Waals surface area contributed by atoms with Gasteiger partial charge in [0.25, 0.3) is 0 Å². The number of aromatic amines is 1. The predicted molar refractivity (Wildman–Crippen MR) is 191 cm³/mol. The number of piperazine rings is 1. The fraction of sp³-hybridized carbons (Fsp3) is 0.211. The third-order valence-electron chi connectivity index (χ3n) is 8.69. The van der Waals surface area contributed by atoms with Crippen molar-refractivity contribution in [1.82, 2.24) is 30.3 Å². The molecule has 0 spiro atoms. The van der Waals surface area contributed by atoms with Gasteiger partial charge in [0.1, 0.15) is 0 Å². The molecule has 0 radical (unpaired) electrons. The van der Waals surface area contributed by atoms with Crippen LogP contribution in [-0.4, -0.2) is 63.5 Å². The minimum atomic E-state index is -0.182. The van der Waals surface area contributed by atoms with Crippen molar-refractivity contribution < 1.29 is 4.79 Å². The molecule has 1 fully saturated rings. The van der Waals surface area contributed by atoms with Crippen LogP contribution < -0.4 is 21.1 Å². The maximum absolute atomic E-state index is 12.7. The molecule has 1 saturated heterocycles. The molecule has 2 aromatic heterocycles. The van der Waals surface area contributed by atoms with Crippen LogP contribution in [-0.2, 0) is 17.6 Å². The van der Waals surface area contributed by atoms with Gasteiger partial charge in [0.15, 0.2) is 0 Å². The van der Waals surface area contributed by atoms with E-state index >= 15 is 0 Å². The second kappa shape index (κ2) is 14.8. The number of nitrogens with zero attached hydrogens (tertiary/aromatic N) is 5. The summed E-state index contributed by atoms with van der Waals surface area (Å²) in [6, 6.07) is 39.4. The van der Waals surface area contributed by atoms with E-state index in [0.29, 0.717) is 18.4 Å². The number of amides is 1. The van der Waals surface area contributed by atoms with E-state index in [0.717, 1.165) is 43.7 Å². The average Bonchev–Trinajstić information content (AvgIpc) is 3.55. The molecule has 0 unspecified atom stereocenters. The number of hydrazine groups is 1. The summed E-state index contributed by atoms with van der Waals surface area (Å²) in [6.07, 6.45) is 3.09. The normalized spacial score (nSPS) is 13.5. The van der Waals surface area contributed by atoms with Crippen LogP contribution in [0.25, 0.3) is 10.9 Å². The third-order valence-corrected chi connectivity index (χ3v) is 8.69. The highest BCUT2D eigenvalue weighted by atomic mass is 16.2. The van der Waals surface area contributed by atoms with E-state index in [9.17, 15) is 4.79 Å². The number of hydrogen-bond donors (Lipinski definition) is 4. The molecule has 3 heterocycles. The van der Waals surface area contributed by atoms with Gasteiger partial charge in [0.2, 0.25) is 23.8 Å². The van der Waals surface area contributed by atoms with Crippen LogP contribution in [0.5, 0.6) is 0 Å². The second-order valence-electron chi connectivity index (χ2n) is 11.9. The van der Waals surface area contributed by atoms with Crippen molar-refractivity contribution >= 4 is 34.7 Å². The predicted octanol–water partition coefficient (Wildman–Crippen LogP) is 5.60. The quantitative estimate of drug-likeness (QED) is 0.128. The molecule has 4 N–H and O–H groups in total. The maximum Gasteiger partial charge on any atom is 0.248 e. The van der Waals surface area contributed by atoms with Crippen LogP contribution >= 0.6 is 0 Å². The fourth-order valence-corrected chi connectivity index (χ4v) is 6.30. The number of benzene rings is 4. The molecule has 7 rings (SSSR count). The molecule has 1 amide bonds. The summed E-state index contributed by atoms with van der Waals surface area (Å²) in [5.74, 6) is 1.12. The Hall–Kier alpha value is -5.74. The zero-order valence-corrected chi connectivity index (χ0v) is 26.7. The highest BCUT2D eigenvalue weighted by Crippen LogP contribution is 2.30. The van der Waals surface area contributed by atoms with Gasteiger partial charge in [0.05, 0.1) is 12.5 Å². The van der Waals surface area contributed by atoms with Crippen molar-refractivity contribution in [2.24, 2.45) is 0 Å². The van der Waals surface area contributed by atoms with Crippen molar-refractivity contribution in [3.05, 3.63) is 144 Å². The van der Waals surface area contributed by atoms with Crippen LogP contribution in [0.3, 0.4) is 0 Å². The van der Waals surface area contributed by atoms with Gasteiger partial charge in [-0.15, -0.1) is 0 Å². The monoisotopic (exact) mass is 637 g/mol. The molecular formula is C38H39N9O. The summed E-state index contributed by atoms with van der Waals surface area (Å²) in [7, 11) is 0. The third kappa shape index (κ3) is 7.45. The van der Waals surface area contributed by atoms with E-state index in [1.807, 2.05) is 36.4 Å². The summed E-state index contributed by atoms with van der Waals surface area (Å²) in [4.78, 5) is 34.9. The zero-order valence-electron chi connectivity index (χ0n) is 26.7. The zero-order chi connectivity index (χ0) is 32.5. The maximum atomic E-state index is 12.7. The number of fused-ring (bicyclic) bond motifs is 1. The first kappa shape index (κ1) is 30.9. The Kier molecular flexibility index (Phi) is 9.51. The van der Waals surface area contributed by atoms with Gasteiger partial charge >= 0.3 is 0 Å². The second-order valence-corrected chi connectivity index (χ2v) is 11.9. The molecule has 242 valence electrons. The van der Waals surface area contributed by atoms with Gasteiger partial charge in [-0.1, -0.05) is 109 Å². The lowest BCUT2D eigenvalue weighted by molar-refractivity contribution is -0.119. The van der Waals surface area contributed by atoms with Gasteiger partial charge in [-0.2, -0.15) is 15.0 Å². The summed E-state index contributed by atoms with van der Waals surface area (Å²) >= 11 is 0. The lowest BCUT2D eigenvalue weighted by Crippen LogP contribution is -2.48. The molecule has 1 aliphatic heterocycles. The van der Waals surface area contributed by atoms with E-state index in [2.05, 4.69) is 121 Å². The minimum Gasteiger partial charge on any atom is -0.361 e. The molecule has 0 saturated carbocycles.